The SMILES string of the molecule is O=C1CCCCCC1c1cccc(OC(F)(F)F)c1. The zero-order valence-corrected chi connectivity index (χ0v) is 10.4. The Hall–Kier alpha value is -1.52. The standard InChI is InChI=1S/C14H15F3O2/c15-14(16,17)19-11-6-4-5-10(9-11)12-7-2-1-3-8-13(12)18/h4-6,9,12H,1-3,7-8H2. The minimum absolute atomic E-state index is 0.113. The molecular formula is C14H15F3O2. The molecule has 0 amide bonds. The van der Waals surface area contributed by atoms with Gasteiger partial charge in [-0.3, -0.25) is 4.79 Å². The van der Waals surface area contributed by atoms with E-state index in [9.17, 15) is 18.0 Å². The quantitative estimate of drug-likeness (QED) is 0.754. The van der Waals surface area contributed by atoms with Gasteiger partial charge in [-0.05, 0) is 30.5 Å². The van der Waals surface area contributed by atoms with E-state index in [1.54, 1.807) is 6.07 Å². The molecule has 1 aromatic rings. The predicted molar refractivity (Wildman–Crippen MR) is 64.0 cm³/mol. The Labute approximate surface area is 109 Å². The Morgan fingerprint density at radius 2 is 1.95 bits per heavy atom. The second-order valence-corrected chi connectivity index (χ2v) is 4.74. The zero-order chi connectivity index (χ0) is 13.9. The molecule has 0 saturated heterocycles. The molecule has 1 aliphatic carbocycles. The summed E-state index contributed by atoms with van der Waals surface area (Å²) in [5.74, 6) is -0.442. The zero-order valence-electron chi connectivity index (χ0n) is 10.4. The van der Waals surface area contributed by atoms with Gasteiger partial charge in [0.2, 0.25) is 0 Å². The van der Waals surface area contributed by atoms with Crippen LogP contribution >= 0.6 is 0 Å². The molecule has 1 fully saturated rings. The van der Waals surface area contributed by atoms with Gasteiger partial charge in [0.25, 0.3) is 0 Å². The Kier molecular flexibility index (Phi) is 4.12. The second kappa shape index (κ2) is 5.63. The van der Waals surface area contributed by atoms with Crippen molar-refractivity contribution in [3.63, 3.8) is 0 Å². The lowest BCUT2D eigenvalue weighted by atomic mass is 9.91. The van der Waals surface area contributed by atoms with Crippen LogP contribution in [-0.2, 0) is 4.79 Å². The van der Waals surface area contributed by atoms with E-state index < -0.39 is 6.36 Å². The van der Waals surface area contributed by atoms with E-state index in [4.69, 9.17) is 0 Å². The predicted octanol–water partition coefficient (Wildman–Crippen LogP) is 4.20. The van der Waals surface area contributed by atoms with E-state index in [0.717, 1.165) is 19.3 Å². The van der Waals surface area contributed by atoms with E-state index in [2.05, 4.69) is 4.74 Å². The van der Waals surface area contributed by atoms with E-state index in [1.165, 1.54) is 18.2 Å². The largest absolute Gasteiger partial charge is 0.573 e. The van der Waals surface area contributed by atoms with Gasteiger partial charge >= 0.3 is 6.36 Å². The molecule has 1 unspecified atom stereocenters. The molecule has 0 spiro atoms. The molecule has 0 aliphatic heterocycles. The number of Topliss-reactive ketones (excluding diaryl/α,β-unsaturated/α-hetero) is 1. The number of hydrogen-bond donors (Lipinski definition) is 0. The summed E-state index contributed by atoms with van der Waals surface area (Å²) in [6, 6.07) is 5.76. The fourth-order valence-corrected chi connectivity index (χ4v) is 2.44. The van der Waals surface area contributed by atoms with Crippen LogP contribution in [0.3, 0.4) is 0 Å². The molecule has 0 bridgehead atoms. The Morgan fingerprint density at radius 3 is 2.68 bits per heavy atom. The van der Waals surface area contributed by atoms with Gasteiger partial charge in [0.05, 0.1) is 0 Å². The summed E-state index contributed by atoms with van der Waals surface area (Å²) in [5.41, 5.74) is 0.619. The minimum atomic E-state index is -4.70. The van der Waals surface area contributed by atoms with E-state index in [1.807, 2.05) is 0 Å². The van der Waals surface area contributed by atoms with Crippen LogP contribution in [0, 0.1) is 0 Å². The molecule has 1 atom stereocenters. The molecular weight excluding hydrogens is 257 g/mol. The number of alkyl halides is 3. The van der Waals surface area contributed by atoms with Gasteiger partial charge in [-0.1, -0.05) is 25.0 Å². The Bertz CT molecular complexity index is 454. The maximum Gasteiger partial charge on any atom is 0.573 e. The smallest absolute Gasteiger partial charge is 0.406 e. The number of hydrogen-bond acceptors (Lipinski definition) is 2. The van der Waals surface area contributed by atoms with Gasteiger partial charge in [-0.2, -0.15) is 0 Å². The number of carbonyl (C=O) groups is 1. The summed E-state index contributed by atoms with van der Waals surface area (Å²) in [4.78, 5) is 11.9. The van der Waals surface area contributed by atoms with Crippen molar-refractivity contribution in [3.8, 4) is 5.75 Å². The van der Waals surface area contributed by atoms with Gasteiger partial charge < -0.3 is 4.74 Å². The van der Waals surface area contributed by atoms with Crippen LogP contribution in [0.15, 0.2) is 24.3 Å². The normalized spacial score (nSPS) is 21.0. The first-order valence-electron chi connectivity index (χ1n) is 6.34. The highest BCUT2D eigenvalue weighted by Gasteiger charge is 2.31. The highest BCUT2D eigenvalue weighted by molar-refractivity contribution is 5.86. The third-order valence-corrected chi connectivity index (χ3v) is 3.30. The molecule has 1 aliphatic rings. The van der Waals surface area contributed by atoms with Crippen LogP contribution in [0.25, 0.3) is 0 Å². The highest BCUT2D eigenvalue weighted by Crippen LogP contribution is 2.32. The van der Waals surface area contributed by atoms with E-state index in [0.29, 0.717) is 18.4 Å². The number of halogens is 3. The first-order valence-corrected chi connectivity index (χ1v) is 6.34. The summed E-state index contributed by atoms with van der Waals surface area (Å²) >= 11 is 0. The summed E-state index contributed by atoms with van der Waals surface area (Å²) in [5, 5.41) is 0. The average molecular weight is 272 g/mol. The maximum absolute atomic E-state index is 12.2. The third-order valence-electron chi connectivity index (χ3n) is 3.30. The lowest BCUT2D eigenvalue weighted by molar-refractivity contribution is -0.274. The molecule has 1 saturated carbocycles. The highest BCUT2D eigenvalue weighted by atomic mass is 19.4. The summed E-state index contributed by atoms with van der Waals surface area (Å²) in [6.45, 7) is 0. The van der Waals surface area contributed by atoms with Crippen molar-refractivity contribution in [2.75, 3.05) is 0 Å². The van der Waals surface area contributed by atoms with E-state index in [-0.39, 0.29) is 17.5 Å². The number of rotatable bonds is 2. The van der Waals surface area contributed by atoms with Crippen LogP contribution in [0.4, 0.5) is 13.2 Å². The number of ether oxygens (including phenoxy) is 1. The fraction of sp³-hybridized carbons (Fsp3) is 0.500. The van der Waals surface area contributed by atoms with Crippen LogP contribution in [-0.4, -0.2) is 12.1 Å². The van der Waals surface area contributed by atoms with Crippen LogP contribution in [0.1, 0.15) is 43.6 Å². The van der Waals surface area contributed by atoms with Crippen molar-refractivity contribution >= 4 is 5.78 Å². The minimum Gasteiger partial charge on any atom is -0.406 e. The summed E-state index contributed by atoms with van der Waals surface area (Å²) < 4.78 is 40.4. The maximum atomic E-state index is 12.2. The van der Waals surface area contributed by atoms with Crippen molar-refractivity contribution in [2.45, 2.75) is 44.4 Å². The van der Waals surface area contributed by atoms with Gasteiger partial charge in [0.1, 0.15) is 11.5 Å². The molecule has 2 rings (SSSR count). The van der Waals surface area contributed by atoms with Crippen LogP contribution in [0.2, 0.25) is 0 Å². The first kappa shape index (κ1) is 13.9. The molecule has 19 heavy (non-hydrogen) atoms. The monoisotopic (exact) mass is 272 g/mol. The molecule has 1 aromatic carbocycles. The number of benzene rings is 1. The number of ketones is 1. The lowest BCUT2D eigenvalue weighted by Crippen LogP contribution is -2.17. The molecule has 104 valence electrons. The molecule has 0 heterocycles. The van der Waals surface area contributed by atoms with Gasteiger partial charge in [-0.25, -0.2) is 0 Å². The molecule has 5 heteroatoms. The third kappa shape index (κ3) is 3.98. The molecule has 0 N–H and O–H groups in total. The summed E-state index contributed by atoms with van der Waals surface area (Å²) in [7, 11) is 0. The van der Waals surface area contributed by atoms with Gasteiger partial charge in [0.15, 0.2) is 0 Å². The Balaban J connectivity index is 2.19. The van der Waals surface area contributed by atoms with E-state index >= 15 is 0 Å². The number of carbonyl (C=O) groups excluding carboxylic acids is 1. The average Bonchev–Trinajstić information content (AvgIpc) is 2.52. The van der Waals surface area contributed by atoms with Crippen molar-refractivity contribution < 1.29 is 22.7 Å². The van der Waals surface area contributed by atoms with Crippen LogP contribution < -0.4 is 4.74 Å². The van der Waals surface area contributed by atoms with Gasteiger partial charge in [-0.15, -0.1) is 13.2 Å². The first-order chi connectivity index (χ1) is 8.96. The van der Waals surface area contributed by atoms with Crippen molar-refractivity contribution in [2.24, 2.45) is 0 Å². The van der Waals surface area contributed by atoms with Crippen molar-refractivity contribution in [1.82, 2.24) is 0 Å². The van der Waals surface area contributed by atoms with Crippen LogP contribution in [0.5, 0.6) is 5.75 Å². The van der Waals surface area contributed by atoms with Crippen molar-refractivity contribution in [1.29, 1.82) is 0 Å². The fourth-order valence-electron chi connectivity index (χ4n) is 2.44. The Morgan fingerprint density at radius 1 is 1.16 bits per heavy atom. The second-order valence-electron chi connectivity index (χ2n) is 4.74. The molecule has 0 aromatic heterocycles. The summed E-state index contributed by atoms with van der Waals surface area (Å²) in [6.07, 6.45) is -0.689. The lowest BCUT2D eigenvalue weighted by Gasteiger charge is -2.15. The molecule has 0 radical (unpaired) electrons. The van der Waals surface area contributed by atoms with Gasteiger partial charge in [0, 0.05) is 12.3 Å². The van der Waals surface area contributed by atoms with Crippen molar-refractivity contribution in [3.05, 3.63) is 29.8 Å². The topological polar surface area (TPSA) is 26.3 Å². The molecule has 2 nitrogen and oxygen atoms in total.